The fraction of sp³-hybridized carbons (Fsp3) is 0.326. The normalized spacial score (nSPS) is 17.5. The molecule has 0 unspecified atom stereocenters. The molecule has 68 heavy (non-hydrogen) atoms. The van der Waals surface area contributed by atoms with Gasteiger partial charge >= 0.3 is 24.4 Å². The SMILES string of the molecule is O=C(c1ccc(-n2c(=O)n([C@H]3CCN(CC4(C(F)(F)F)CC4)C3)c3nc(Nc4ccc(OC(F)(F)F)cc4)ncc32)cc1)N1CCc2c(n(Cc3ccc(C(F)(F)F)cc3F)c3ncccc23)C1. The van der Waals surface area contributed by atoms with E-state index in [1.807, 2.05) is 6.07 Å². The Morgan fingerprint density at radius 1 is 0.882 bits per heavy atom. The van der Waals surface area contributed by atoms with Gasteiger partial charge in [-0.15, -0.1) is 13.2 Å². The van der Waals surface area contributed by atoms with Gasteiger partial charge in [-0.3, -0.25) is 13.9 Å². The Hall–Kier alpha value is -6.97. The number of rotatable bonds is 10. The van der Waals surface area contributed by atoms with Crippen LogP contribution in [0.3, 0.4) is 0 Å². The van der Waals surface area contributed by atoms with E-state index in [1.54, 1.807) is 38.8 Å². The van der Waals surface area contributed by atoms with E-state index >= 15 is 4.39 Å². The monoisotopic (exact) mass is 953 g/mol. The van der Waals surface area contributed by atoms with Gasteiger partial charge in [-0.2, -0.15) is 31.3 Å². The van der Waals surface area contributed by atoms with Gasteiger partial charge in [-0.25, -0.2) is 19.2 Å². The van der Waals surface area contributed by atoms with Crippen LogP contribution in [0, 0.1) is 11.2 Å². The minimum atomic E-state index is -4.90. The molecule has 4 aromatic heterocycles. The summed E-state index contributed by atoms with van der Waals surface area (Å²) in [6.45, 7) is 0.439. The number of imidazole rings is 1. The molecule has 3 aromatic carbocycles. The number of anilines is 2. The Labute approximate surface area is 378 Å². The third-order valence-corrected chi connectivity index (χ3v) is 12.9. The Bertz CT molecular complexity index is 3140. The van der Waals surface area contributed by atoms with Crippen molar-refractivity contribution >= 4 is 39.7 Å². The minimum Gasteiger partial charge on any atom is -0.406 e. The molecule has 1 atom stereocenters. The summed E-state index contributed by atoms with van der Waals surface area (Å²) in [6.07, 6.45) is -10.3. The van der Waals surface area contributed by atoms with Crippen molar-refractivity contribution in [3.8, 4) is 11.4 Å². The summed E-state index contributed by atoms with van der Waals surface area (Å²) in [5.41, 5.74) is -0.244. The Balaban J connectivity index is 0.937. The number of fused-ring (bicyclic) bond motifs is 4. The number of nitrogens with one attached hydrogen (secondary N) is 1. The number of likely N-dealkylation sites (tertiary alicyclic amines) is 1. The highest BCUT2D eigenvalue weighted by Crippen LogP contribution is 2.58. The summed E-state index contributed by atoms with van der Waals surface area (Å²) in [6, 6.07) is 16.3. The molecule has 10 rings (SSSR count). The number of amides is 1. The zero-order valence-corrected chi connectivity index (χ0v) is 35.4. The zero-order valence-electron chi connectivity index (χ0n) is 35.4. The third-order valence-electron chi connectivity index (χ3n) is 12.9. The van der Waals surface area contributed by atoms with Crippen molar-refractivity contribution < 1.29 is 53.4 Å². The number of alkyl halides is 9. The van der Waals surface area contributed by atoms with Crippen LogP contribution in [0.15, 0.2) is 96.1 Å². The molecule has 2 fully saturated rings. The second-order valence-corrected chi connectivity index (χ2v) is 17.3. The summed E-state index contributed by atoms with van der Waals surface area (Å²) < 4.78 is 144. The van der Waals surface area contributed by atoms with Gasteiger partial charge in [0.2, 0.25) is 5.95 Å². The van der Waals surface area contributed by atoms with E-state index < -0.39 is 53.0 Å². The maximum absolute atomic E-state index is 15.1. The molecular weight excluding hydrogens is 917 g/mol. The second-order valence-electron chi connectivity index (χ2n) is 17.3. The predicted molar refractivity (Wildman–Crippen MR) is 226 cm³/mol. The quantitative estimate of drug-likeness (QED) is 0.135. The molecule has 6 heterocycles. The standard InChI is InChI=1S/C46H37F10N9O3/c47-35-20-28(44(48,49)50)6-3-27(35)22-63-37-24-62(19-14-33(37)34-2-1-17-57-38(34)63)40(66)26-4-9-30(10-5-26)64-36-21-58-41(59-29-7-11-32(12-8-29)68-46(54,55)56)60-39(36)65(42(64)67)31-13-18-61(23-31)25-43(15-16-43)45(51,52)53/h1-12,17,20-21,31H,13-16,18-19,22-25H2,(H,58,59,60)/t31-/m0/s1. The number of aromatic nitrogens is 6. The van der Waals surface area contributed by atoms with Gasteiger partial charge < -0.3 is 24.4 Å². The van der Waals surface area contributed by atoms with E-state index in [0.29, 0.717) is 49.0 Å². The highest BCUT2D eigenvalue weighted by molar-refractivity contribution is 5.95. The van der Waals surface area contributed by atoms with Crippen LogP contribution in [0.1, 0.15) is 58.0 Å². The molecule has 354 valence electrons. The van der Waals surface area contributed by atoms with Crippen molar-refractivity contribution in [1.29, 1.82) is 0 Å². The first-order valence-electron chi connectivity index (χ1n) is 21.4. The Morgan fingerprint density at radius 2 is 1.63 bits per heavy atom. The maximum Gasteiger partial charge on any atom is 0.573 e. The number of carbonyl (C=O) groups is 1. The number of hydrogen-bond donors (Lipinski definition) is 1. The van der Waals surface area contributed by atoms with E-state index in [-0.39, 0.29) is 78.9 Å². The first-order chi connectivity index (χ1) is 32.2. The summed E-state index contributed by atoms with van der Waals surface area (Å²) in [5.74, 6) is -1.90. The highest BCUT2D eigenvalue weighted by atomic mass is 19.4. The number of ether oxygens (including phenoxy) is 1. The van der Waals surface area contributed by atoms with Crippen LogP contribution in [-0.4, -0.2) is 83.1 Å². The first-order valence-corrected chi connectivity index (χ1v) is 21.4. The van der Waals surface area contributed by atoms with Crippen molar-refractivity contribution in [2.45, 2.75) is 63.5 Å². The molecule has 3 aliphatic rings. The topological polar surface area (TPSA) is 115 Å². The smallest absolute Gasteiger partial charge is 0.406 e. The average Bonchev–Trinajstić information content (AvgIpc) is 3.72. The Kier molecular flexibility index (Phi) is 10.8. The number of carbonyl (C=O) groups excluding carboxylic acids is 1. The molecule has 22 heteroatoms. The molecule has 1 saturated heterocycles. The van der Waals surface area contributed by atoms with Gasteiger partial charge in [0.05, 0.1) is 42.0 Å². The van der Waals surface area contributed by atoms with Crippen molar-refractivity contribution in [3.63, 3.8) is 0 Å². The van der Waals surface area contributed by atoms with Crippen molar-refractivity contribution in [2.75, 3.05) is 31.5 Å². The molecule has 0 spiro atoms. The van der Waals surface area contributed by atoms with Crippen LogP contribution in [0.5, 0.6) is 5.75 Å². The zero-order chi connectivity index (χ0) is 47.9. The lowest BCUT2D eigenvalue weighted by molar-refractivity contribution is -0.274. The molecule has 1 saturated carbocycles. The van der Waals surface area contributed by atoms with Crippen molar-refractivity contribution in [3.05, 3.63) is 136 Å². The number of halogens is 10. The number of hydrogen-bond acceptors (Lipinski definition) is 8. The summed E-state index contributed by atoms with van der Waals surface area (Å²) in [5, 5.41) is 3.68. The van der Waals surface area contributed by atoms with Crippen molar-refractivity contribution in [2.24, 2.45) is 5.41 Å². The first kappa shape index (κ1) is 44.8. The van der Waals surface area contributed by atoms with Crippen LogP contribution in [0.4, 0.5) is 55.5 Å². The lowest BCUT2D eigenvalue weighted by Gasteiger charge is -2.29. The summed E-state index contributed by atoms with van der Waals surface area (Å²) in [7, 11) is 0. The predicted octanol–water partition coefficient (Wildman–Crippen LogP) is 9.57. The van der Waals surface area contributed by atoms with Gasteiger partial charge in [0.15, 0.2) is 5.65 Å². The molecular formula is C46H37F10N9O3. The molecule has 1 amide bonds. The average molecular weight is 954 g/mol. The van der Waals surface area contributed by atoms with Gasteiger partial charge in [0.25, 0.3) is 5.91 Å². The minimum absolute atomic E-state index is 0.00313. The molecule has 12 nitrogen and oxygen atoms in total. The van der Waals surface area contributed by atoms with Gasteiger partial charge in [-0.05, 0) is 104 Å². The van der Waals surface area contributed by atoms with E-state index in [2.05, 4.69) is 25.0 Å². The van der Waals surface area contributed by atoms with E-state index in [0.717, 1.165) is 35.2 Å². The lowest BCUT2D eigenvalue weighted by Crippen LogP contribution is -2.38. The van der Waals surface area contributed by atoms with Crippen LogP contribution in [0.25, 0.3) is 27.9 Å². The number of nitrogens with zero attached hydrogens (tertiary/aromatic N) is 8. The fourth-order valence-electron chi connectivity index (χ4n) is 9.35. The van der Waals surface area contributed by atoms with Crippen LogP contribution >= 0.6 is 0 Å². The van der Waals surface area contributed by atoms with Crippen LogP contribution < -0.4 is 15.7 Å². The summed E-state index contributed by atoms with van der Waals surface area (Å²) in [4.78, 5) is 45.5. The van der Waals surface area contributed by atoms with E-state index in [9.17, 15) is 49.1 Å². The third kappa shape index (κ3) is 8.38. The van der Waals surface area contributed by atoms with E-state index in [1.165, 1.54) is 39.6 Å². The van der Waals surface area contributed by atoms with E-state index in [4.69, 9.17) is 0 Å². The molecule has 0 bridgehead atoms. The second kappa shape index (κ2) is 16.4. The number of benzene rings is 3. The molecule has 1 N–H and O–H groups in total. The van der Waals surface area contributed by atoms with Gasteiger partial charge in [0, 0.05) is 60.3 Å². The molecule has 2 aliphatic heterocycles. The highest BCUT2D eigenvalue weighted by Gasteiger charge is 2.63. The molecule has 1 aliphatic carbocycles. The van der Waals surface area contributed by atoms with Gasteiger partial charge in [0.1, 0.15) is 22.7 Å². The largest absolute Gasteiger partial charge is 0.573 e. The Morgan fingerprint density at radius 3 is 2.31 bits per heavy atom. The van der Waals surface area contributed by atoms with Crippen molar-refractivity contribution in [1.82, 2.24) is 38.5 Å². The maximum atomic E-state index is 15.1. The molecule has 0 radical (unpaired) electrons. The van der Waals surface area contributed by atoms with Gasteiger partial charge in [-0.1, -0.05) is 6.07 Å². The lowest BCUT2D eigenvalue weighted by atomic mass is 10.0. The van der Waals surface area contributed by atoms with Crippen LogP contribution in [0.2, 0.25) is 0 Å². The van der Waals surface area contributed by atoms with Crippen LogP contribution in [-0.2, 0) is 25.7 Å². The summed E-state index contributed by atoms with van der Waals surface area (Å²) >= 11 is 0. The number of pyridine rings is 1. The fourth-order valence-corrected chi connectivity index (χ4v) is 9.35. The molecule has 7 aromatic rings.